The molecule has 0 aliphatic heterocycles. The van der Waals surface area contributed by atoms with Gasteiger partial charge in [-0.3, -0.25) is 4.79 Å². The van der Waals surface area contributed by atoms with Crippen molar-refractivity contribution < 1.29 is 38.1 Å². The van der Waals surface area contributed by atoms with Gasteiger partial charge in [-0.25, -0.2) is 14.4 Å². The summed E-state index contributed by atoms with van der Waals surface area (Å²) in [7, 11) is 0. The Balaban J connectivity index is 1.59. The highest BCUT2D eigenvalue weighted by Crippen LogP contribution is 2.31. The number of hydrogen-bond acceptors (Lipinski definition) is 12. The first-order valence-electron chi connectivity index (χ1n) is 16.5. The highest BCUT2D eigenvalue weighted by Gasteiger charge is 2.48. The van der Waals surface area contributed by atoms with E-state index in [9.17, 15) is 19.2 Å². The third kappa shape index (κ3) is 11.3. The molecule has 0 saturated heterocycles. The summed E-state index contributed by atoms with van der Waals surface area (Å²) in [4.78, 5) is 51.7. The molecule has 2 unspecified atom stereocenters. The fourth-order valence-electron chi connectivity index (χ4n) is 4.89. The summed E-state index contributed by atoms with van der Waals surface area (Å²) >= 11 is 0. The third-order valence-corrected chi connectivity index (χ3v) is 7.74. The molecule has 4 aromatic carbocycles. The fraction of sp³-hybridized carbons (Fsp3) is 0.0952. The minimum atomic E-state index is -2.16. The minimum absolute atomic E-state index is 0.182. The van der Waals surface area contributed by atoms with Crippen LogP contribution in [0.4, 0.5) is 22.7 Å². The van der Waals surface area contributed by atoms with Crippen LogP contribution in [0.25, 0.3) is 6.08 Å². The number of carbonyl (C=O) groups excluding carboxylic acids is 4. The van der Waals surface area contributed by atoms with Gasteiger partial charge in [0.1, 0.15) is 6.61 Å². The second-order valence-corrected chi connectivity index (χ2v) is 11.6. The second-order valence-electron chi connectivity index (χ2n) is 11.6. The van der Waals surface area contributed by atoms with Crippen LogP contribution in [-0.4, -0.2) is 31.0 Å². The van der Waals surface area contributed by atoms with Gasteiger partial charge in [-0.15, -0.1) is 0 Å². The number of allylic oxidation sites excluding steroid dienone is 5. The predicted octanol–water partition coefficient (Wildman–Crippen LogP) is 5.80. The first-order valence-corrected chi connectivity index (χ1v) is 16.5. The third-order valence-electron chi connectivity index (χ3n) is 7.74. The van der Waals surface area contributed by atoms with Crippen LogP contribution in [0, 0.1) is 0 Å². The lowest BCUT2D eigenvalue weighted by atomic mass is 9.79. The largest absolute Gasteiger partial charge is 0.460 e. The van der Waals surface area contributed by atoms with Crippen LogP contribution in [0.1, 0.15) is 28.4 Å². The Labute approximate surface area is 312 Å². The molecule has 8 N–H and O–H groups in total. The van der Waals surface area contributed by atoms with Gasteiger partial charge in [0.15, 0.2) is 0 Å². The number of carbonyl (C=O) groups is 3. The van der Waals surface area contributed by atoms with Gasteiger partial charge in [-0.05, 0) is 89.9 Å². The van der Waals surface area contributed by atoms with Crippen LogP contribution < -0.4 is 22.9 Å². The predicted molar refractivity (Wildman–Crippen MR) is 207 cm³/mol. The monoisotopic (exact) mass is 727 g/mol. The molecule has 2 atom stereocenters. The van der Waals surface area contributed by atoms with Crippen molar-refractivity contribution >= 4 is 53.2 Å². The van der Waals surface area contributed by atoms with Crippen molar-refractivity contribution in [1.29, 1.82) is 0 Å². The SMILES string of the molecule is Nc1ccc(C=CCOC(=O)C(C=CC=COC(=O)C(O[C]=O)c2ccc(N)cc2)(C(=O)OC=CC=CCc2ccc(N)cc2)c2ccc(N)cc2)cc1. The average Bonchev–Trinajstić information content (AvgIpc) is 3.17. The Hall–Kier alpha value is -7.34. The number of nitrogens with two attached hydrogens (primary N) is 4. The Morgan fingerprint density at radius 1 is 0.648 bits per heavy atom. The molecule has 0 fully saturated rings. The molecule has 0 aliphatic rings. The van der Waals surface area contributed by atoms with Gasteiger partial charge >= 0.3 is 24.4 Å². The summed E-state index contributed by atoms with van der Waals surface area (Å²) in [6, 6.07) is 26.5. The van der Waals surface area contributed by atoms with Crippen molar-refractivity contribution in [3.05, 3.63) is 174 Å². The van der Waals surface area contributed by atoms with Gasteiger partial charge in [0.2, 0.25) is 11.5 Å². The molecule has 4 aromatic rings. The van der Waals surface area contributed by atoms with E-state index >= 15 is 0 Å². The summed E-state index contributed by atoms with van der Waals surface area (Å²) in [6.45, 7) is 1.05. The van der Waals surface area contributed by atoms with E-state index in [2.05, 4.69) is 0 Å². The Morgan fingerprint density at radius 2 is 1.20 bits per heavy atom. The van der Waals surface area contributed by atoms with Crippen molar-refractivity contribution in [3.8, 4) is 0 Å². The van der Waals surface area contributed by atoms with E-state index < -0.39 is 29.4 Å². The van der Waals surface area contributed by atoms with Crippen LogP contribution in [0.15, 0.2) is 152 Å². The molecular weight excluding hydrogens is 688 g/mol. The molecule has 54 heavy (non-hydrogen) atoms. The number of esters is 3. The van der Waals surface area contributed by atoms with Gasteiger partial charge in [0.25, 0.3) is 0 Å². The molecule has 4 rings (SSSR count). The molecule has 0 aromatic heterocycles. The summed E-state index contributed by atoms with van der Waals surface area (Å²) in [6.07, 6.45) is 13.5. The maximum absolute atomic E-state index is 14.0. The summed E-state index contributed by atoms with van der Waals surface area (Å²) in [5.74, 6) is -2.91. The topological polar surface area (TPSA) is 209 Å². The highest BCUT2D eigenvalue weighted by atomic mass is 16.6. The van der Waals surface area contributed by atoms with Gasteiger partial charge in [0.05, 0.1) is 12.5 Å². The maximum Gasteiger partial charge on any atom is 0.418 e. The zero-order chi connectivity index (χ0) is 38.8. The molecule has 0 amide bonds. The summed E-state index contributed by atoms with van der Waals surface area (Å²) in [5, 5.41) is 0. The van der Waals surface area contributed by atoms with Gasteiger partial charge in [-0.2, -0.15) is 0 Å². The first kappa shape index (κ1) is 39.4. The Morgan fingerprint density at radius 3 is 1.83 bits per heavy atom. The molecule has 275 valence electrons. The van der Waals surface area contributed by atoms with E-state index in [1.54, 1.807) is 54.6 Å². The molecular formula is C42H39N4O8. The van der Waals surface area contributed by atoms with E-state index in [0.717, 1.165) is 23.7 Å². The van der Waals surface area contributed by atoms with Crippen molar-refractivity contribution in [2.45, 2.75) is 17.9 Å². The lowest BCUT2D eigenvalue weighted by Crippen LogP contribution is -2.44. The van der Waals surface area contributed by atoms with Crippen LogP contribution in [0.2, 0.25) is 0 Å². The number of hydrogen-bond donors (Lipinski definition) is 4. The van der Waals surface area contributed by atoms with Crippen molar-refractivity contribution in [2.24, 2.45) is 0 Å². The van der Waals surface area contributed by atoms with Crippen LogP contribution in [-0.2, 0) is 50.0 Å². The standard InChI is InChI=1S/C42H39N4O8/c43-34-17-9-30(10-18-34)7-2-1-4-27-52-40(49)42(33-15-23-37(46)24-16-33,41(50)53-28-6-8-31-11-19-35(44)20-12-31)25-3-5-26-51-39(48)38(54-29-47)32-13-21-36(45)22-14-32/h1-6,8-27,38H,7,28,43-46H2. The lowest BCUT2D eigenvalue weighted by molar-refractivity contribution is -0.158. The van der Waals surface area contributed by atoms with Crippen LogP contribution in [0.5, 0.6) is 0 Å². The molecule has 1 radical (unpaired) electrons. The molecule has 12 nitrogen and oxygen atoms in total. The van der Waals surface area contributed by atoms with Crippen LogP contribution in [0.3, 0.4) is 0 Å². The van der Waals surface area contributed by atoms with Gasteiger partial charge in [0, 0.05) is 28.3 Å². The maximum atomic E-state index is 14.0. The Kier molecular flexibility index (Phi) is 14.5. The normalized spacial score (nSPS) is 13.3. The number of rotatable bonds is 17. The van der Waals surface area contributed by atoms with Crippen molar-refractivity contribution in [2.75, 3.05) is 29.5 Å². The lowest BCUT2D eigenvalue weighted by Gasteiger charge is -2.26. The van der Waals surface area contributed by atoms with Gasteiger partial charge in [-0.1, -0.05) is 78.9 Å². The Bertz CT molecular complexity index is 2020. The fourth-order valence-corrected chi connectivity index (χ4v) is 4.89. The molecule has 0 spiro atoms. The zero-order valence-electron chi connectivity index (χ0n) is 29.1. The highest BCUT2D eigenvalue weighted by molar-refractivity contribution is 6.09. The summed E-state index contributed by atoms with van der Waals surface area (Å²) in [5.41, 5.74) is 25.4. The number of anilines is 4. The van der Waals surface area contributed by atoms with E-state index in [-0.39, 0.29) is 12.2 Å². The van der Waals surface area contributed by atoms with E-state index in [0.29, 0.717) is 34.7 Å². The van der Waals surface area contributed by atoms with Gasteiger partial charge < -0.3 is 41.9 Å². The molecule has 0 bridgehead atoms. The van der Waals surface area contributed by atoms with E-state index in [4.69, 9.17) is 41.9 Å². The molecule has 0 saturated carbocycles. The average molecular weight is 728 g/mol. The number of ether oxygens (including phenoxy) is 4. The zero-order valence-corrected chi connectivity index (χ0v) is 29.1. The van der Waals surface area contributed by atoms with E-state index in [1.165, 1.54) is 79.3 Å². The number of benzene rings is 4. The van der Waals surface area contributed by atoms with Crippen LogP contribution >= 0.6 is 0 Å². The molecule has 12 heteroatoms. The quantitative estimate of drug-likeness (QED) is 0.0254. The molecule has 0 aliphatic carbocycles. The second kappa shape index (κ2) is 19.9. The first-order chi connectivity index (χ1) is 26.1. The van der Waals surface area contributed by atoms with Crippen molar-refractivity contribution in [3.63, 3.8) is 0 Å². The van der Waals surface area contributed by atoms with E-state index in [1.807, 2.05) is 18.2 Å². The van der Waals surface area contributed by atoms with Crippen molar-refractivity contribution in [1.82, 2.24) is 0 Å². The molecule has 0 heterocycles. The smallest absolute Gasteiger partial charge is 0.418 e. The summed E-state index contributed by atoms with van der Waals surface area (Å²) < 4.78 is 21.1. The minimum Gasteiger partial charge on any atom is -0.460 e. The number of nitrogen functional groups attached to an aromatic ring is 4.